The minimum absolute atomic E-state index is 0.0447. The molecule has 3 heteroatoms. The number of ether oxygens (including phenoxy) is 2. The molecular weight excluding hydrogens is 372 g/mol. The van der Waals surface area contributed by atoms with E-state index in [-0.39, 0.29) is 17.5 Å². The summed E-state index contributed by atoms with van der Waals surface area (Å²) in [5, 5.41) is 0. The summed E-state index contributed by atoms with van der Waals surface area (Å²) in [5.41, 5.74) is 4.19. The first-order chi connectivity index (χ1) is 14.5. The second-order valence-corrected chi connectivity index (χ2v) is 9.43. The van der Waals surface area contributed by atoms with Gasteiger partial charge in [-0.3, -0.25) is 4.79 Å². The second-order valence-electron chi connectivity index (χ2n) is 9.43. The van der Waals surface area contributed by atoms with Gasteiger partial charge in [-0.2, -0.15) is 0 Å². The highest BCUT2D eigenvalue weighted by Crippen LogP contribution is 2.59. The summed E-state index contributed by atoms with van der Waals surface area (Å²) >= 11 is 0. The molecule has 0 amide bonds. The van der Waals surface area contributed by atoms with Crippen molar-refractivity contribution in [1.82, 2.24) is 0 Å². The quantitative estimate of drug-likeness (QED) is 0.477. The zero-order valence-electron chi connectivity index (χ0n) is 17.8. The maximum absolute atomic E-state index is 11.6. The van der Waals surface area contributed by atoms with Crippen LogP contribution in [0.4, 0.5) is 0 Å². The second kappa shape index (κ2) is 7.61. The van der Waals surface area contributed by atoms with Gasteiger partial charge in [-0.05, 0) is 78.3 Å². The minimum Gasteiger partial charge on any atom is -0.489 e. The van der Waals surface area contributed by atoms with E-state index in [9.17, 15) is 4.79 Å². The van der Waals surface area contributed by atoms with Crippen molar-refractivity contribution in [2.75, 3.05) is 0 Å². The van der Waals surface area contributed by atoms with Gasteiger partial charge in [-0.1, -0.05) is 49.4 Å². The molecule has 0 heterocycles. The number of allylic oxidation sites excluding steroid dienone is 1. The molecule has 0 aliphatic heterocycles. The van der Waals surface area contributed by atoms with Crippen LogP contribution in [0.25, 0.3) is 0 Å². The summed E-state index contributed by atoms with van der Waals surface area (Å²) in [6.45, 7) is 4.44. The Labute approximate surface area is 179 Å². The van der Waals surface area contributed by atoms with Gasteiger partial charge in [-0.15, -0.1) is 0 Å². The van der Waals surface area contributed by atoms with E-state index in [4.69, 9.17) is 9.47 Å². The van der Waals surface area contributed by atoms with Crippen molar-refractivity contribution in [2.24, 2.45) is 17.3 Å². The first-order valence-electron chi connectivity index (χ1n) is 11.2. The Morgan fingerprint density at radius 2 is 1.93 bits per heavy atom. The van der Waals surface area contributed by atoms with E-state index in [0.717, 1.165) is 25.0 Å². The Morgan fingerprint density at radius 1 is 1.10 bits per heavy atom. The van der Waals surface area contributed by atoms with Crippen molar-refractivity contribution in [3.05, 3.63) is 77.4 Å². The molecule has 0 spiro atoms. The maximum atomic E-state index is 11.6. The van der Waals surface area contributed by atoms with Crippen LogP contribution in [0.1, 0.15) is 55.7 Å². The lowest BCUT2D eigenvalue weighted by Crippen LogP contribution is -2.45. The Kier molecular flexibility index (Phi) is 4.92. The van der Waals surface area contributed by atoms with Gasteiger partial charge < -0.3 is 9.47 Å². The smallest absolute Gasteiger partial charge is 0.303 e. The lowest BCUT2D eigenvalue weighted by atomic mass is 9.55. The molecule has 2 aromatic carbocycles. The van der Waals surface area contributed by atoms with E-state index in [2.05, 4.69) is 49.4 Å². The highest BCUT2D eigenvalue weighted by molar-refractivity contribution is 5.66. The Hall–Kier alpha value is -2.55. The van der Waals surface area contributed by atoms with Gasteiger partial charge in [0.25, 0.3) is 0 Å². The fourth-order valence-corrected chi connectivity index (χ4v) is 6.15. The van der Waals surface area contributed by atoms with Crippen LogP contribution in [0.3, 0.4) is 0 Å². The number of benzene rings is 2. The number of hydrogen-bond acceptors (Lipinski definition) is 3. The molecule has 0 unspecified atom stereocenters. The van der Waals surface area contributed by atoms with E-state index in [1.165, 1.54) is 30.0 Å². The number of aryl methyl sites for hydroxylation is 1. The van der Waals surface area contributed by atoms with Crippen molar-refractivity contribution >= 4 is 5.97 Å². The van der Waals surface area contributed by atoms with Gasteiger partial charge in [-0.25, -0.2) is 0 Å². The molecule has 156 valence electrons. The van der Waals surface area contributed by atoms with Crippen molar-refractivity contribution < 1.29 is 14.3 Å². The summed E-state index contributed by atoms with van der Waals surface area (Å²) in [6, 6.07) is 17.0. The average Bonchev–Trinajstić information content (AvgIpc) is 3.08. The van der Waals surface area contributed by atoms with E-state index < -0.39 is 0 Å². The highest BCUT2D eigenvalue weighted by Gasteiger charge is 2.53. The molecule has 0 radical (unpaired) electrons. The van der Waals surface area contributed by atoms with Crippen LogP contribution in [0.2, 0.25) is 0 Å². The van der Waals surface area contributed by atoms with Crippen molar-refractivity contribution in [2.45, 2.75) is 58.2 Å². The molecule has 2 aromatic rings. The first kappa shape index (κ1) is 19.4. The number of esters is 1. The number of fused-ring (bicyclic) bond motifs is 5. The van der Waals surface area contributed by atoms with E-state index in [1.54, 1.807) is 0 Å². The Bertz CT molecular complexity index is 963. The van der Waals surface area contributed by atoms with Crippen LogP contribution < -0.4 is 4.74 Å². The molecule has 0 aromatic heterocycles. The predicted molar refractivity (Wildman–Crippen MR) is 117 cm³/mol. The topological polar surface area (TPSA) is 35.5 Å². The number of rotatable bonds is 4. The van der Waals surface area contributed by atoms with Crippen molar-refractivity contribution in [3.63, 3.8) is 0 Å². The molecule has 3 aliphatic rings. The van der Waals surface area contributed by atoms with Crippen LogP contribution in [-0.4, -0.2) is 12.1 Å². The molecule has 0 N–H and O–H groups in total. The van der Waals surface area contributed by atoms with Crippen LogP contribution in [0, 0.1) is 17.3 Å². The Balaban J connectivity index is 1.33. The van der Waals surface area contributed by atoms with Crippen LogP contribution in [0.5, 0.6) is 5.75 Å². The third-order valence-electron chi connectivity index (χ3n) is 7.68. The maximum Gasteiger partial charge on any atom is 0.303 e. The van der Waals surface area contributed by atoms with Gasteiger partial charge in [0.15, 0.2) is 0 Å². The minimum atomic E-state index is -0.175. The zero-order chi connectivity index (χ0) is 20.7. The van der Waals surface area contributed by atoms with E-state index in [0.29, 0.717) is 24.4 Å². The SMILES string of the molecule is CC(=O)O[C@H]1C=C[C@@H]2[C@@H]3CCc4cc(OCc5ccccc5)ccc4[C@@H]3CC[C@]12C. The molecule has 0 saturated heterocycles. The molecule has 3 aliphatic carbocycles. The normalized spacial score (nSPS) is 31.4. The molecule has 5 rings (SSSR count). The highest BCUT2D eigenvalue weighted by atomic mass is 16.5. The van der Waals surface area contributed by atoms with Gasteiger partial charge in [0.1, 0.15) is 18.5 Å². The molecular formula is C27H30O3. The van der Waals surface area contributed by atoms with Gasteiger partial charge >= 0.3 is 5.97 Å². The summed E-state index contributed by atoms with van der Waals surface area (Å²) in [6.07, 6.45) is 8.95. The van der Waals surface area contributed by atoms with E-state index >= 15 is 0 Å². The lowest BCUT2D eigenvalue weighted by Gasteiger charge is -2.50. The molecule has 5 atom stereocenters. The largest absolute Gasteiger partial charge is 0.489 e. The van der Waals surface area contributed by atoms with Gasteiger partial charge in [0, 0.05) is 12.3 Å². The molecule has 1 fully saturated rings. The summed E-state index contributed by atoms with van der Waals surface area (Å²) in [5.74, 6) is 2.50. The van der Waals surface area contributed by atoms with Crippen LogP contribution in [-0.2, 0) is 22.6 Å². The fourth-order valence-electron chi connectivity index (χ4n) is 6.15. The number of hydrogen-bond donors (Lipinski definition) is 0. The summed E-state index contributed by atoms with van der Waals surface area (Å²) in [4.78, 5) is 11.6. The number of carbonyl (C=O) groups excluding carboxylic acids is 1. The molecule has 30 heavy (non-hydrogen) atoms. The fraction of sp³-hybridized carbons (Fsp3) is 0.444. The molecule has 1 saturated carbocycles. The van der Waals surface area contributed by atoms with Crippen LogP contribution >= 0.6 is 0 Å². The summed E-state index contributed by atoms with van der Waals surface area (Å²) < 4.78 is 11.7. The van der Waals surface area contributed by atoms with Gasteiger partial charge in [0.2, 0.25) is 0 Å². The lowest BCUT2D eigenvalue weighted by molar-refractivity contribution is -0.152. The molecule has 3 nitrogen and oxygen atoms in total. The van der Waals surface area contributed by atoms with Gasteiger partial charge in [0.05, 0.1) is 0 Å². The average molecular weight is 403 g/mol. The standard InChI is InChI=1S/C27H30O3/c1-18(28)30-26-13-12-25-24-10-8-20-16-21(29-17-19-6-4-3-5-7-19)9-11-22(20)23(24)14-15-27(25,26)2/h3-7,9,11-13,16,23-26H,8,10,14-15,17H2,1-2H3/t23-,24+,25+,26-,27-/m0/s1. The Morgan fingerprint density at radius 3 is 2.73 bits per heavy atom. The summed E-state index contributed by atoms with van der Waals surface area (Å²) in [7, 11) is 0. The van der Waals surface area contributed by atoms with Crippen molar-refractivity contribution in [3.8, 4) is 5.75 Å². The van der Waals surface area contributed by atoms with E-state index in [1.807, 2.05) is 18.2 Å². The third kappa shape index (κ3) is 3.34. The molecule has 0 bridgehead atoms. The predicted octanol–water partition coefficient (Wildman–Crippen LogP) is 5.83. The zero-order valence-corrected chi connectivity index (χ0v) is 17.8. The third-order valence-corrected chi connectivity index (χ3v) is 7.68. The monoisotopic (exact) mass is 402 g/mol. The number of carbonyl (C=O) groups is 1. The first-order valence-corrected chi connectivity index (χ1v) is 11.2. The van der Waals surface area contributed by atoms with Crippen LogP contribution in [0.15, 0.2) is 60.7 Å². The van der Waals surface area contributed by atoms with Crippen molar-refractivity contribution in [1.29, 1.82) is 0 Å².